The second-order valence-electron chi connectivity index (χ2n) is 4.11. The van der Waals surface area contributed by atoms with Crippen LogP contribution in [-0.2, 0) is 4.79 Å². The SMILES string of the molecule is Cc1c(F)cccc1N1CC(CCl)CC1=O. The summed E-state index contributed by atoms with van der Waals surface area (Å²) < 4.78 is 13.4. The summed E-state index contributed by atoms with van der Waals surface area (Å²) >= 11 is 5.74. The molecule has 1 aromatic rings. The number of alkyl halides is 1. The van der Waals surface area contributed by atoms with E-state index in [1.54, 1.807) is 24.0 Å². The third-order valence-corrected chi connectivity index (χ3v) is 3.39. The molecule has 0 spiro atoms. The highest BCUT2D eigenvalue weighted by Crippen LogP contribution is 2.29. The summed E-state index contributed by atoms with van der Waals surface area (Å²) in [5.74, 6) is 0.396. The zero-order valence-corrected chi connectivity index (χ0v) is 9.80. The van der Waals surface area contributed by atoms with Crippen LogP contribution in [0.3, 0.4) is 0 Å². The minimum atomic E-state index is -0.278. The van der Waals surface area contributed by atoms with Crippen molar-refractivity contribution in [2.75, 3.05) is 17.3 Å². The first-order chi connectivity index (χ1) is 7.63. The van der Waals surface area contributed by atoms with Gasteiger partial charge in [0.1, 0.15) is 5.82 Å². The van der Waals surface area contributed by atoms with Crippen molar-refractivity contribution in [1.29, 1.82) is 0 Å². The molecular formula is C12H13ClFNO. The fourth-order valence-corrected chi connectivity index (χ4v) is 2.21. The molecule has 1 aliphatic heterocycles. The lowest BCUT2D eigenvalue weighted by Crippen LogP contribution is -2.25. The van der Waals surface area contributed by atoms with Crippen LogP contribution in [0.4, 0.5) is 10.1 Å². The van der Waals surface area contributed by atoms with Gasteiger partial charge >= 0.3 is 0 Å². The van der Waals surface area contributed by atoms with Crippen LogP contribution in [0.15, 0.2) is 18.2 Å². The molecule has 0 saturated carbocycles. The molecule has 0 bridgehead atoms. The highest BCUT2D eigenvalue weighted by molar-refractivity contribution is 6.18. The highest BCUT2D eigenvalue weighted by Gasteiger charge is 2.30. The van der Waals surface area contributed by atoms with E-state index < -0.39 is 0 Å². The Kier molecular flexibility index (Phi) is 3.15. The van der Waals surface area contributed by atoms with Crippen LogP contribution < -0.4 is 4.90 Å². The second-order valence-corrected chi connectivity index (χ2v) is 4.42. The Labute approximate surface area is 99.0 Å². The molecule has 1 aliphatic rings. The largest absolute Gasteiger partial charge is 0.312 e. The van der Waals surface area contributed by atoms with E-state index in [0.29, 0.717) is 30.1 Å². The Hall–Kier alpha value is -1.09. The van der Waals surface area contributed by atoms with Gasteiger partial charge < -0.3 is 4.90 Å². The van der Waals surface area contributed by atoms with Crippen LogP contribution in [0.5, 0.6) is 0 Å². The van der Waals surface area contributed by atoms with E-state index in [1.165, 1.54) is 6.07 Å². The van der Waals surface area contributed by atoms with Gasteiger partial charge in [0.25, 0.3) is 0 Å². The molecule has 16 heavy (non-hydrogen) atoms. The average molecular weight is 242 g/mol. The molecule has 0 aliphatic carbocycles. The first kappa shape index (κ1) is 11.4. The van der Waals surface area contributed by atoms with E-state index in [1.807, 2.05) is 0 Å². The molecule has 1 aromatic carbocycles. The van der Waals surface area contributed by atoms with E-state index in [2.05, 4.69) is 0 Å². The number of hydrogen-bond acceptors (Lipinski definition) is 1. The minimum Gasteiger partial charge on any atom is -0.312 e. The Morgan fingerprint density at radius 3 is 2.94 bits per heavy atom. The van der Waals surface area contributed by atoms with Crippen molar-refractivity contribution in [2.45, 2.75) is 13.3 Å². The number of carbonyl (C=O) groups excluding carboxylic acids is 1. The Morgan fingerprint density at radius 1 is 1.56 bits per heavy atom. The van der Waals surface area contributed by atoms with E-state index in [-0.39, 0.29) is 17.6 Å². The van der Waals surface area contributed by atoms with Crippen LogP contribution in [0.1, 0.15) is 12.0 Å². The quantitative estimate of drug-likeness (QED) is 0.729. The van der Waals surface area contributed by atoms with E-state index >= 15 is 0 Å². The lowest BCUT2D eigenvalue weighted by Gasteiger charge is -2.19. The van der Waals surface area contributed by atoms with Crippen LogP contribution in [0.2, 0.25) is 0 Å². The van der Waals surface area contributed by atoms with E-state index in [4.69, 9.17) is 11.6 Å². The molecule has 2 nitrogen and oxygen atoms in total. The highest BCUT2D eigenvalue weighted by atomic mass is 35.5. The Balaban J connectivity index is 2.31. The summed E-state index contributed by atoms with van der Waals surface area (Å²) in [6.07, 6.45) is 0.458. The monoisotopic (exact) mass is 241 g/mol. The molecule has 1 heterocycles. The lowest BCUT2D eigenvalue weighted by atomic mass is 10.1. The number of benzene rings is 1. The maximum Gasteiger partial charge on any atom is 0.227 e. The summed E-state index contributed by atoms with van der Waals surface area (Å²) in [5, 5.41) is 0. The summed E-state index contributed by atoms with van der Waals surface area (Å²) in [6, 6.07) is 4.80. The summed E-state index contributed by atoms with van der Waals surface area (Å²) in [7, 11) is 0. The van der Waals surface area contributed by atoms with Gasteiger partial charge in [-0.3, -0.25) is 4.79 Å². The summed E-state index contributed by atoms with van der Waals surface area (Å²) in [5.41, 5.74) is 1.18. The van der Waals surface area contributed by atoms with Gasteiger partial charge in [-0.2, -0.15) is 0 Å². The zero-order chi connectivity index (χ0) is 11.7. The fraction of sp³-hybridized carbons (Fsp3) is 0.417. The lowest BCUT2D eigenvalue weighted by molar-refractivity contribution is -0.117. The van der Waals surface area contributed by atoms with Crippen LogP contribution >= 0.6 is 11.6 Å². The van der Waals surface area contributed by atoms with Crippen molar-refractivity contribution in [3.05, 3.63) is 29.6 Å². The Morgan fingerprint density at radius 2 is 2.31 bits per heavy atom. The zero-order valence-electron chi connectivity index (χ0n) is 9.04. The predicted octanol–water partition coefficient (Wildman–Crippen LogP) is 2.73. The van der Waals surface area contributed by atoms with Gasteiger partial charge in [-0.25, -0.2) is 4.39 Å². The number of nitrogens with zero attached hydrogens (tertiary/aromatic N) is 1. The van der Waals surface area contributed by atoms with Crippen LogP contribution in [0.25, 0.3) is 0 Å². The van der Waals surface area contributed by atoms with Gasteiger partial charge in [0.2, 0.25) is 5.91 Å². The van der Waals surface area contributed by atoms with E-state index in [9.17, 15) is 9.18 Å². The summed E-state index contributed by atoms with van der Waals surface area (Å²) in [6.45, 7) is 2.28. The van der Waals surface area contributed by atoms with Gasteiger partial charge in [-0.05, 0) is 25.0 Å². The molecule has 1 atom stereocenters. The van der Waals surface area contributed by atoms with Crippen LogP contribution in [0, 0.1) is 18.7 Å². The minimum absolute atomic E-state index is 0.0272. The van der Waals surface area contributed by atoms with Gasteiger partial charge in [0.05, 0.1) is 0 Å². The number of hydrogen-bond donors (Lipinski definition) is 0. The van der Waals surface area contributed by atoms with Gasteiger partial charge in [-0.15, -0.1) is 11.6 Å². The van der Waals surface area contributed by atoms with Crippen molar-refractivity contribution in [1.82, 2.24) is 0 Å². The standard InChI is InChI=1S/C12H13ClFNO/c1-8-10(14)3-2-4-11(8)15-7-9(6-13)5-12(15)16/h2-4,9H,5-7H2,1H3. The van der Waals surface area contributed by atoms with Crippen molar-refractivity contribution >= 4 is 23.2 Å². The molecule has 4 heteroatoms. The number of anilines is 1. The molecule has 0 radical (unpaired) electrons. The molecule has 1 amide bonds. The molecule has 1 fully saturated rings. The summed E-state index contributed by atoms with van der Waals surface area (Å²) in [4.78, 5) is 13.4. The normalized spacial score (nSPS) is 20.6. The molecule has 0 N–H and O–H groups in total. The molecule has 1 unspecified atom stereocenters. The molecule has 1 saturated heterocycles. The third kappa shape index (κ3) is 1.92. The smallest absolute Gasteiger partial charge is 0.227 e. The third-order valence-electron chi connectivity index (χ3n) is 2.95. The van der Waals surface area contributed by atoms with Crippen molar-refractivity contribution < 1.29 is 9.18 Å². The maximum absolute atomic E-state index is 13.4. The van der Waals surface area contributed by atoms with Gasteiger partial charge in [0.15, 0.2) is 0 Å². The molecule has 86 valence electrons. The predicted molar refractivity (Wildman–Crippen MR) is 62.3 cm³/mol. The first-order valence-corrected chi connectivity index (χ1v) is 5.78. The van der Waals surface area contributed by atoms with Gasteiger partial charge in [-0.1, -0.05) is 6.07 Å². The number of carbonyl (C=O) groups is 1. The maximum atomic E-state index is 13.4. The first-order valence-electron chi connectivity index (χ1n) is 5.25. The molecule has 2 rings (SSSR count). The number of rotatable bonds is 2. The van der Waals surface area contributed by atoms with E-state index in [0.717, 1.165) is 0 Å². The van der Waals surface area contributed by atoms with Crippen molar-refractivity contribution in [3.8, 4) is 0 Å². The van der Waals surface area contributed by atoms with Crippen LogP contribution in [-0.4, -0.2) is 18.3 Å². The van der Waals surface area contributed by atoms with Gasteiger partial charge in [0, 0.05) is 30.1 Å². The second kappa shape index (κ2) is 4.42. The van der Waals surface area contributed by atoms with Crippen molar-refractivity contribution in [2.24, 2.45) is 5.92 Å². The molecule has 0 aromatic heterocycles. The van der Waals surface area contributed by atoms with Crippen molar-refractivity contribution in [3.63, 3.8) is 0 Å². The number of amides is 1. The Bertz CT molecular complexity index is 421. The average Bonchev–Trinajstić information content (AvgIpc) is 2.64. The number of halogens is 2. The fourth-order valence-electron chi connectivity index (χ4n) is 2.01. The molecular weight excluding hydrogens is 229 g/mol. The topological polar surface area (TPSA) is 20.3 Å².